The molecule has 2 aromatic heterocycles. The molecule has 0 amide bonds. The van der Waals surface area contributed by atoms with E-state index < -0.39 is 6.10 Å². The van der Waals surface area contributed by atoms with Gasteiger partial charge in [0.05, 0.1) is 18.9 Å². The largest absolute Gasteiger partial charge is 0.496 e. The van der Waals surface area contributed by atoms with Gasteiger partial charge in [0.1, 0.15) is 5.75 Å². The van der Waals surface area contributed by atoms with E-state index in [1.807, 2.05) is 54.7 Å². The average molecular weight is 387 g/mol. The Morgan fingerprint density at radius 3 is 2.66 bits per heavy atom. The molecule has 2 aromatic carbocycles. The summed E-state index contributed by atoms with van der Waals surface area (Å²) in [5.41, 5.74) is 5.40. The number of aliphatic hydroxyl groups is 1. The Kier molecular flexibility index (Phi) is 5.32. The molecule has 1 atom stereocenters. The number of ether oxygens (including phenoxy) is 1. The average Bonchev–Trinajstić information content (AvgIpc) is 3.16. The number of nitrogens with zero attached hydrogens (tertiary/aromatic N) is 2. The summed E-state index contributed by atoms with van der Waals surface area (Å²) in [5, 5.41) is 18.9. The third-order valence-electron chi connectivity index (χ3n) is 5.09. The Morgan fingerprint density at radius 2 is 1.86 bits per heavy atom. The van der Waals surface area contributed by atoms with E-state index in [1.54, 1.807) is 7.11 Å². The Morgan fingerprint density at radius 1 is 1.03 bits per heavy atom. The van der Waals surface area contributed by atoms with E-state index in [9.17, 15) is 5.11 Å². The van der Waals surface area contributed by atoms with E-state index >= 15 is 0 Å². The molecule has 0 aliphatic carbocycles. The fourth-order valence-electron chi connectivity index (χ4n) is 3.62. The summed E-state index contributed by atoms with van der Waals surface area (Å²) in [5.74, 6) is 1.21. The monoisotopic (exact) mass is 387 g/mol. The van der Waals surface area contributed by atoms with Crippen LogP contribution < -0.4 is 4.74 Å². The van der Waals surface area contributed by atoms with Crippen LogP contribution in [0.25, 0.3) is 33.4 Å². The first kappa shape index (κ1) is 19.2. The standard InChI is InChI=1S/C24H25N3O2/c1-15(2)11-21(28)17-8-6-7-16(12-17)18-13-20-23(26-27-24(20)25-14-18)19-9-4-5-10-22(19)29-3/h4-10,12-15,21,28H,11H2,1-3H3,(H,25,26,27). The molecule has 0 saturated heterocycles. The number of pyridine rings is 1. The number of hydrogen-bond donors (Lipinski definition) is 2. The quantitative estimate of drug-likeness (QED) is 0.466. The lowest BCUT2D eigenvalue weighted by Gasteiger charge is -2.14. The second-order valence-electron chi connectivity index (χ2n) is 7.66. The summed E-state index contributed by atoms with van der Waals surface area (Å²) in [6.45, 7) is 4.23. The number of para-hydroxylation sites is 1. The van der Waals surface area contributed by atoms with Gasteiger partial charge in [-0.1, -0.05) is 44.2 Å². The summed E-state index contributed by atoms with van der Waals surface area (Å²) in [7, 11) is 1.66. The minimum absolute atomic E-state index is 0.431. The van der Waals surface area contributed by atoms with Gasteiger partial charge in [-0.2, -0.15) is 5.10 Å². The molecule has 4 rings (SSSR count). The van der Waals surface area contributed by atoms with Crippen molar-refractivity contribution in [1.82, 2.24) is 15.2 Å². The zero-order valence-corrected chi connectivity index (χ0v) is 16.9. The van der Waals surface area contributed by atoms with Crippen LogP contribution in [-0.2, 0) is 0 Å². The summed E-state index contributed by atoms with van der Waals surface area (Å²) in [6.07, 6.45) is 2.09. The van der Waals surface area contributed by atoms with E-state index in [0.717, 1.165) is 45.5 Å². The number of H-pyrrole nitrogens is 1. The summed E-state index contributed by atoms with van der Waals surface area (Å²) < 4.78 is 5.51. The van der Waals surface area contributed by atoms with Crippen LogP contribution in [-0.4, -0.2) is 27.4 Å². The Balaban J connectivity index is 1.77. The number of fused-ring (bicyclic) bond motifs is 1. The summed E-state index contributed by atoms with van der Waals surface area (Å²) in [4.78, 5) is 4.54. The first-order chi connectivity index (χ1) is 14.1. The molecule has 1 unspecified atom stereocenters. The third-order valence-corrected chi connectivity index (χ3v) is 5.09. The number of aromatic amines is 1. The molecule has 148 valence electrons. The maximum atomic E-state index is 10.5. The van der Waals surface area contributed by atoms with Gasteiger partial charge in [0.15, 0.2) is 5.65 Å². The Labute approximate surface area is 170 Å². The predicted octanol–water partition coefficient (Wildman–Crippen LogP) is 5.38. The number of hydrogen-bond acceptors (Lipinski definition) is 4. The van der Waals surface area contributed by atoms with Gasteiger partial charge in [-0.25, -0.2) is 4.98 Å². The molecule has 0 bridgehead atoms. The topological polar surface area (TPSA) is 71.0 Å². The minimum atomic E-state index is -0.468. The van der Waals surface area contributed by atoms with Gasteiger partial charge in [-0.3, -0.25) is 5.10 Å². The molecular formula is C24H25N3O2. The smallest absolute Gasteiger partial charge is 0.181 e. The van der Waals surface area contributed by atoms with Crippen molar-refractivity contribution in [3.63, 3.8) is 0 Å². The van der Waals surface area contributed by atoms with Gasteiger partial charge in [0.25, 0.3) is 0 Å². The van der Waals surface area contributed by atoms with Crippen molar-refractivity contribution in [1.29, 1.82) is 0 Å². The molecular weight excluding hydrogens is 362 g/mol. The molecule has 0 spiro atoms. The van der Waals surface area contributed by atoms with E-state index in [1.165, 1.54) is 0 Å². The van der Waals surface area contributed by atoms with E-state index in [0.29, 0.717) is 11.6 Å². The number of methoxy groups -OCH3 is 1. The van der Waals surface area contributed by atoms with E-state index in [-0.39, 0.29) is 0 Å². The van der Waals surface area contributed by atoms with Crippen LogP contribution >= 0.6 is 0 Å². The lowest BCUT2D eigenvalue weighted by Crippen LogP contribution is -2.01. The summed E-state index contributed by atoms with van der Waals surface area (Å²) in [6, 6.07) is 18.0. The molecule has 5 heteroatoms. The van der Waals surface area contributed by atoms with Gasteiger partial charge in [-0.05, 0) is 47.7 Å². The van der Waals surface area contributed by atoms with Gasteiger partial charge in [0, 0.05) is 22.7 Å². The van der Waals surface area contributed by atoms with Crippen LogP contribution in [0.2, 0.25) is 0 Å². The van der Waals surface area contributed by atoms with E-state index in [2.05, 4.69) is 35.1 Å². The van der Waals surface area contributed by atoms with Crippen molar-refractivity contribution in [2.24, 2.45) is 5.92 Å². The Bertz CT molecular complexity index is 1130. The van der Waals surface area contributed by atoms with Crippen LogP contribution in [0.4, 0.5) is 0 Å². The molecule has 5 nitrogen and oxygen atoms in total. The van der Waals surface area contributed by atoms with Crippen LogP contribution in [0.5, 0.6) is 5.75 Å². The highest BCUT2D eigenvalue weighted by molar-refractivity contribution is 5.94. The maximum absolute atomic E-state index is 10.5. The molecule has 29 heavy (non-hydrogen) atoms. The van der Waals surface area contributed by atoms with Gasteiger partial charge in [-0.15, -0.1) is 0 Å². The molecule has 0 aliphatic heterocycles. The number of nitrogens with one attached hydrogen (secondary N) is 1. The lowest BCUT2D eigenvalue weighted by atomic mass is 9.96. The van der Waals surface area contributed by atoms with Crippen molar-refractivity contribution in [2.75, 3.05) is 7.11 Å². The molecule has 0 radical (unpaired) electrons. The number of aliphatic hydroxyl groups excluding tert-OH is 1. The normalized spacial score (nSPS) is 12.4. The minimum Gasteiger partial charge on any atom is -0.496 e. The first-order valence-corrected chi connectivity index (χ1v) is 9.82. The van der Waals surface area contributed by atoms with Crippen molar-refractivity contribution in [2.45, 2.75) is 26.4 Å². The zero-order chi connectivity index (χ0) is 20.4. The SMILES string of the molecule is COc1ccccc1-c1[nH]nc2ncc(-c3cccc(C(O)CC(C)C)c3)cc12. The highest BCUT2D eigenvalue weighted by atomic mass is 16.5. The van der Waals surface area contributed by atoms with Gasteiger partial charge < -0.3 is 9.84 Å². The molecule has 0 aliphatic rings. The van der Waals surface area contributed by atoms with Crippen molar-refractivity contribution in [3.8, 4) is 28.1 Å². The highest BCUT2D eigenvalue weighted by Crippen LogP contribution is 2.34. The highest BCUT2D eigenvalue weighted by Gasteiger charge is 2.15. The lowest BCUT2D eigenvalue weighted by molar-refractivity contribution is 0.151. The van der Waals surface area contributed by atoms with Crippen molar-refractivity contribution < 1.29 is 9.84 Å². The predicted molar refractivity (Wildman–Crippen MR) is 116 cm³/mol. The van der Waals surface area contributed by atoms with Crippen LogP contribution in [0.1, 0.15) is 31.9 Å². The first-order valence-electron chi connectivity index (χ1n) is 9.82. The fraction of sp³-hybridized carbons (Fsp3) is 0.250. The third kappa shape index (κ3) is 3.87. The second kappa shape index (κ2) is 8.05. The van der Waals surface area contributed by atoms with Crippen LogP contribution in [0.3, 0.4) is 0 Å². The van der Waals surface area contributed by atoms with Crippen LogP contribution in [0.15, 0.2) is 60.8 Å². The number of rotatable bonds is 6. The van der Waals surface area contributed by atoms with E-state index in [4.69, 9.17) is 4.74 Å². The van der Waals surface area contributed by atoms with Crippen molar-refractivity contribution >= 4 is 11.0 Å². The summed E-state index contributed by atoms with van der Waals surface area (Å²) >= 11 is 0. The second-order valence-corrected chi connectivity index (χ2v) is 7.66. The molecule has 0 saturated carbocycles. The molecule has 4 aromatic rings. The van der Waals surface area contributed by atoms with Gasteiger partial charge in [0.2, 0.25) is 0 Å². The van der Waals surface area contributed by atoms with Crippen LogP contribution in [0, 0.1) is 5.92 Å². The molecule has 2 N–H and O–H groups in total. The van der Waals surface area contributed by atoms with Crippen molar-refractivity contribution in [3.05, 3.63) is 66.4 Å². The molecule has 0 fully saturated rings. The molecule has 2 heterocycles. The number of benzene rings is 2. The zero-order valence-electron chi connectivity index (χ0n) is 16.9. The fourth-order valence-corrected chi connectivity index (χ4v) is 3.62. The Hall–Kier alpha value is -3.18. The van der Waals surface area contributed by atoms with Gasteiger partial charge >= 0.3 is 0 Å². The maximum Gasteiger partial charge on any atom is 0.181 e. The number of aromatic nitrogens is 3.